The highest BCUT2D eigenvalue weighted by Gasteiger charge is 2.08. The van der Waals surface area contributed by atoms with Gasteiger partial charge in [-0.2, -0.15) is 0 Å². The number of nitrogens with one attached hydrogen (secondary N) is 1. The monoisotopic (exact) mass is 292 g/mol. The van der Waals surface area contributed by atoms with E-state index in [0.717, 1.165) is 10.4 Å². The molecular formula is C13H12N2O2S2. The number of thiophene rings is 1. The Labute approximate surface area is 119 Å². The van der Waals surface area contributed by atoms with Gasteiger partial charge < -0.3 is 10.4 Å². The third-order valence-corrected chi connectivity index (χ3v) is 3.96. The highest BCUT2D eigenvalue weighted by molar-refractivity contribution is 7.11. The molecule has 1 amide bonds. The SMILES string of the molecule is O=C(NCc1sccc1C#CCCO)c1cncs1. The normalized spacial score (nSPS) is 9.74. The van der Waals surface area contributed by atoms with Crippen LogP contribution in [0.2, 0.25) is 0 Å². The fourth-order valence-electron chi connectivity index (χ4n) is 1.38. The first-order chi connectivity index (χ1) is 9.31. The van der Waals surface area contributed by atoms with Crippen molar-refractivity contribution in [3.63, 3.8) is 0 Å². The molecule has 0 radical (unpaired) electrons. The number of amides is 1. The molecule has 0 aliphatic rings. The van der Waals surface area contributed by atoms with Gasteiger partial charge in [0.25, 0.3) is 5.91 Å². The maximum absolute atomic E-state index is 11.8. The van der Waals surface area contributed by atoms with E-state index in [1.54, 1.807) is 23.0 Å². The number of rotatable bonds is 4. The molecule has 0 aliphatic heterocycles. The molecule has 2 aromatic rings. The summed E-state index contributed by atoms with van der Waals surface area (Å²) in [5, 5.41) is 13.5. The van der Waals surface area contributed by atoms with Crippen molar-refractivity contribution in [2.45, 2.75) is 13.0 Å². The largest absolute Gasteiger partial charge is 0.395 e. The van der Waals surface area contributed by atoms with Gasteiger partial charge in [0, 0.05) is 16.9 Å². The highest BCUT2D eigenvalue weighted by Crippen LogP contribution is 2.16. The van der Waals surface area contributed by atoms with Crippen LogP contribution in [0.4, 0.5) is 0 Å². The summed E-state index contributed by atoms with van der Waals surface area (Å²) in [7, 11) is 0. The molecule has 2 heterocycles. The van der Waals surface area contributed by atoms with E-state index < -0.39 is 0 Å². The summed E-state index contributed by atoms with van der Waals surface area (Å²) in [4.78, 5) is 17.3. The van der Waals surface area contributed by atoms with Gasteiger partial charge in [-0.1, -0.05) is 11.8 Å². The maximum atomic E-state index is 11.8. The topological polar surface area (TPSA) is 62.2 Å². The van der Waals surface area contributed by atoms with E-state index in [2.05, 4.69) is 22.1 Å². The molecule has 0 bridgehead atoms. The molecule has 0 unspecified atom stereocenters. The standard InChI is InChI=1S/C13H12N2O2S2/c16-5-2-1-3-10-4-6-18-11(10)8-15-13(17)12-7-14-9-19-12/h4,6-7,9,16H,2,5,8H2,(H,15,17). The second-order valence-electron chi connectivity index (χ2n) is 3.58. The molecule has 0 aromatic carbocycles. The van der Waals surface area contributed by atoms with Gasteiger partial charge in [0.1, 0.15) is 4.88 Å². The molecule has 0 aliphatic carbocycles. The van der Waals surface area contributed by atoms with Gasteiger partial charge in [-0.3, -0.25) is 9.78 Å². The predicted octanol–water partition coefficient (Wildman–Crippen LogP) is 1.87. The molecule has 4 nitrogen and oxygen atoms in total. The number of carbonyl (C=O) groups is 1. The minimum absolute atomic E-state index is 0.0641. The van der Waals surface area contributed by atoms with Crippen LogP contribution in [-0.2, 0) is 6.54 Å². The minimum atomic E-state index is -0.120. The zero-order valence-electron chi connectivity index (χ0n) is 10.0. The minimum Gasteiger partial charge on any atom is -0.395 e. The molecule has 0 fully saturated rings. The summed E-state index contributed by atoms with van der Waals surface area (Å²) in [5.41, 5.74) is 2.54. The number of aliphatic hydroxyl groups is 1. The molecule has 6 heteroatoms. The van der Waals surface area contributed by atoms with Crippen molar-refractivity contribution in [2.24, 2.45) is 0 Å². The van der Waals surface area contributed by atoms with Crippen LogP contribution in [0.3, 0.4) is 0 Å². The molecular weight excluding hydrogens is 280 g/mol. The number of aliphatic hydroxyl groups excluding tert-OH is 1. The van der Waals surface area contributed by atoms with Crippen LogP contribution in [0, 0.1) is 11.8 Å². The van der Waals surface area contributed by atoms with Crippen LogP contribution in [0.25, 0.3) is 0 Å². The van der Waals surface area contributed by atoms with Crippen molar-refractivity contribution in [3.05, 3.63) is 38.5 Å². The first-order valence-corrected chi connectivity index (χ1v) is 7.40. The first kappa shape index (κ1) is 13.7. The number of nitrogens with zero attached hydrogens (tertiary/aromatic N) is 1. The van der Waals surface area contributed by atoms with Gasteiger partial charge in [-0.15, -0.1) is 22.7 Å². The Morgan fingerprint density at radius 1 is 1.47 bits per heavy atom. The van der Waals surface area contributed by atoms with E-state index in [9.17, 15) is 4.79 Å². The number of aromatic nitrogens is 1. The van der Waals surface area contributed by atoms with Crippen LogP contribution < -0.4 is 5.32 Å². The highest BCUT2D eigenvalue weighted by atomic mass is 32.1. The fourth-order valence-corrected chi connectivity index (χ4v) is 2.68. The Morgan fingerprint density at radius 2 is 2.37 bits per heavy atom. The van der Waals surface area contributed by atoms with Crippen molar-refractivity contribution in [3.8, 4) is 11.8 Å². The molecule has 2 aromatic heterocycles. The second kappa shape index (κ2) is 7.04. The fraction of sp³-hybridized carbons (Fsp3) is 0.231. The predicted molar refractivity (Wildman–Crippen MR) is 76.2 cm³/mol. The van der Waals surface area contributed by atoms with Gasteiger partial charge in [-0.25, -0.2) is 0 Å². The lowest BCUT2D eigenvalue weighted by Gasteiger charge is -2.01. The molecule has 0 saturated carbocycles. The maximum Gasteiger partial charge on any atom is 0.263 e. The number of carbonyl (C=O) groups excluding carboxylic acids is 1. The van der Waals surface area contributed by atoms with Crippen molar-refractivity contribution in [1.29, 1.82) is 0 Å². The number of thiazole rings is 1. The second-order valence-corrected chi connectivity index (χ2v) is 5.47. The average Bonchev–Trinajstić information content (AvgIpc) is 3.08. The zero-order chi connectivity index (χ0) is 13.5. The lowest BCUT2D eigenvalue weighted by atomic mass is 10.2. The van der Waals surface area contributed by atoms with Gasteiger partial charge >= 0.3 is 0 Å². The van der Waals surface area contributed by atoms with Gasteiger partial charge in [0.15, 0.2) is 0 Å². The van der Waals surface area contributed by atoms with E-state index >= 15 is 0 Å². The lowest BCUT2D eigenvalue weighted by molar-refractivity contribution is 0.0955. The van der Waals surface area contributed by atoms with Gasteiger partial charge in [-0.05, 0) is 11.4 Å². The van der Waals surface area contributed by atoms with Crippen LogP contribution in [0.5, 0.6) is 0 Å². The Hall–Kier alpha value is -1.68. The Bertz CT molecular complexity index is 594. The van der Waals surface area contributed by atoms with Crippen molar-refractivity contribution >= 4 is 28.6 Å². The summed E-state index contributed by atoms with van der Waals surface area (Å²) in [6.07, 6.45) is 2.01. The summed E-state index contributed by atoms with van der Waals surface area (Å²) in [6, 6.07) is 1.92. The third-order valence-electron chi connectivity index (χ3n) is 2.27. The Kier molecular flexibility index (Phi) is 5.10. The molecule has 2 N–H and O–H groups in total. The first-order valence-electron chi connectivity index (χ1n) is 5.64. The number of hydrogen-bond acceptors (Lipinski definition) is 5. The molecule has 2 rings (SSSR count). The summed E-state index contributed by atoms with van der Waals surface area (Å²) in [6.45, 7) is 0.520. The average molecular weight is 292 g/mol. The van der Waals surface area contributed by atoms with Crippen LogP contribution in [0.15, 0.2) is 23.2 Å². The van der Waals surface area contributed by atoms with Gasteiger partial charge in [0.05, 0.1) is 24.9 Å². The van der Waals surface area contributed by atoms with E-state index in [1.807, 2.05) is 11.4 Å². The third kappa shape index (κ3) is 3.89. The summed E-state index contributed by atoms with van der Waals surface area (Å²) < 4.78 is 0. The van der Waals surface area contributed by atoms with E-state index in [1.165, 1.54) is 11.3 Å². The Balaban J connectivity index is 1.95. The lowest BCUT2D eigenvalue weighted by Crippen LogP contribution is -2.21. The molecule has 0 spiro atoms. The van der Waals surface area contributed by atoms with E-state index in [4.69, 9.17) is 5.11 Å². The van der Waals surface area contributed by atoms with Crippen molar-refractivity contribution < 1.29 is 9.90 Å². The van der Waals surface area contributed by atoms with Crippen LogP contribution in [-0.4, -0.2) is 22.6 Å². The molecule has 98 valence electrons. The van der Waals surface area contributed by atoms with Crippen molar-refractivity contribution in [1.82, 2.24) is 10.3 Å². The van der Waals surface area contributed by atoms with E-state index in [-0.39, 0.29) is 12.5 Å². The molecule has 0 atom stereocenters. The van der Waals surface area contributed by atoms with Gasteiger partial charge in [0.2, 0.25) is 0 Å². The quantitative estimate of drug-likeness (QED) is 0.846. The van der Waals surface area contributed by atoms with Crippen LogP contribution in [0.1, 0.15) is 26.5 Å². The molecule has 0 saturated heterocycles. The van der Waals surface area contributed by atoms with Crippen molar-refractivity contribution in [2.75, 3.05) is 6.61 Å². The summed E-state index contributed by atoms with van der Waals surface area (Å²) >= 11 is 2.87. The zero-order valence-corrected chi connectivity index (χ0v) is 11.7. The molecule has 19 heavy (non-hydrogen) atoms. The van der Waals surface area contributed by atoms with Crippen LogP contribution >= 0.6 is 22.7 Å². The number of hydrogen-bond donors (Lipinski definition) is 2. The Morgan fingerprint density at radius 3 is 3.11 bits per heavy atom. The smallest absolute Gasteiger partial charge is 0.263 e. The summed E-state index contributed by atoms with van der Waals surface area (Å²) in [5.74, 6) is 5.75. The van der Waals surface area contributed by atoms with E-state index in [0.29, 0.717) is 17.8 Å².